The molecule has 0 spiro atoms. The van der Waals surface area contributed by atoms with E-state index in [1.165, 1.54) is 4.31 Å². The van der Waals surface area contributed by atoms with Gasteiger partial charge in [0.15, 0.2) is 0 Å². The van der Waals surface area contributed by atoms with Gasteiger partial charge >= 0.3 is 0 Å². The van der Waals surface area contributed by atoms with Gasteiger partial charge in [0.05, 0.1) is 6.26 Å². The second-order valence-corrected chi connectivity index (χ2v) is 6.77. The molecule has 1 atom stereocenters. The first-order valence-corrected chi connectivity index (χ1v) is 8.08. The highest BCUT2D eigenvalue weighted by Gasteiger charge is 2.36. The van der Waals surface area contributed by atoms with E-state index in [9.17, 15) is 13.2 Å². The Hall–Kier alpha value is -1.40. The number of anilines is 1. The Kier molecular flexibility index (Phi) is 3.91. The number of benzene rings is 1. The summed E-state index contributed by atoms with van der Waals surface area (Å²) in [5, 5.41) is 2.81. The number of sulfonamides is 1. The average molecular weight is 282 g/mol. The Balaban J connectivity index is 2.14. The molecule has 0 aliphatic carbocycles. The molecule has 1 aromatic rings. The van der Waals surface area contributed by atoms with Crippen LogP contribution >= 0.6 is 0 Å². The molecule has 19 heavy (non-hydrogen) atoms. The maximum atomic E-state index is 12.2. The van der Waals surface area contributed by atoms with Crippen LogP contribution in [0.15, 0.2) is 24.3 Å². The lowest BCUT2D eigenvalue weighted by molar-refractivity contribution is -0.119. The Morgan fingerprint density at radius 3 is 2.68 bits per heavy atom. The molecule has 104 valence electrons. The lowest BCUT2D eigenvalue weighted by atomic mass is 10.1. The number of hydrogen-bond donors (Lipinski definition) is 1. The van der Waals surface area contributed by atoms with Crippen molar-refractivity contribution >= 4 is 21.6 Å². The van der Waals surface area contributed by atoms with Crippen molar-refractivity contribution in [1.82, 2.24) is 4.31 Å². The van der Waals surface area contributed by atoms with Gasteiger partial charge in [0.2, 0.25) is 15.9 Å². The van der Waals surface area contributed by atoms with Gasteiger partial charge in [-0.2, -0.15) is 4.31 Å². The first kappa shape index (κ1) is 14.0. The fourth-order valence-electron chi connectivity index (χ4n) is 2.33. The molecular formula is C13H18N2O3S. The van der Waals surface area contributed by atoms with Gasteiger partial charge in [0.25, 0.3) is 0 Å². The molecule has 1 aliphatic heterocycles. The van der Waals surface area contributed by atoms with E-state index in [1.807, 2.05) is 31.2 Å². The highest BCUT2D eigenvalue weighted by atomic mass is 32.2. The molecule has 1 saturated heterocycles. The first-order valence-electron chi connectivity index (χ1n) is 6.23. The Bertz CT molecular complexity index is 583. The number of nitrogens with zero attached hydrogens (tertiary/aromatic N) is 1. The Morgan fingerprint density at radius 1 is 1.37 bits per heavy atom. The van der Waals surface area contributed by atoms with Crippen molar-refractivity contribution in [3.63, 3.8) is 0 Å². The van der Waals surface area contributed by atoms with E-state index in [-0.39, 0.29) is 5.91 Å². The molecule has 0 saturated carbocycles. The van der Waals surface area contributed by atoms with Crippen molar-refractivity contribution in [2.45, 2.75) is 25.8 Å². The molecule has 6 heteroatoms. The van der Waals surface area contributed by atoms with Crippen LogP contribution in [-0.2, 0) is 14.8 Å². The van der Waals surface area contributed by atoms with E-state index >= 15 is 0 Å². The van der Waals surface area contributed by atoms with Gasteiger partial charge in [0, 0.05) is 12.2 Å². The van der Waals surface area contributed by atoms with Crippen LogP contribution in [-0.4, -0.2) is 37.5 Å². The van der Waals surface area contributed by atoms with Crippen molar-refractivity contribution in [3.05, 3.63) is 29.8 Å². The number of nitrogens with one attached hydrogen (secondary N) is 1. The van der Waals surface area contributed by atoms with Crippen LogP contribution < -0.4 is 5.32 Å². The normalized spacial score (nSPS) is 20.4. The minimum absolute atomic E-state index is 0.253. The molecule has 1 amide bonds. The number of para-hydroxylation sites is 1. The molecule has 0 radical (unpaired) electrons. The Labute approximate surface area is 113 Å². The predicted octanol–water partition coefficient (Wildman–Crippen LogP) is 1.36. The monoisotopic (exact) mass is 282 g/mol. The number of carbonyl (C=O) groups excluding carboxylic acids is 1. The summed E-state index contributed by atoms with van der Waals surface area (Å²) in [4.78, 5) is 12.2. The lowest BCUT2D eigenvalue weighted by Crippen LogP contribution is -2.42. The number of rotatable bonds is 3. The van der Waals surface area contributed by atoms with Crippen LogP contribution in [0.3, 0.4) is 0 Å². The fraction of sp³-hybridized carbons (Fsp3) is 0.462. The molecule has 1 unspecified atom stereocenters. The zero-order chi connectivity index (χ0) is 14.0. The summed E-state index contributed by atoms with van der Waals surface area (Å²) in [5.74, 6) is -0.253. The van der Waals surface area contributed by atoms with Gasteiger partial charge in [-0.05, 0) is 31.4 Å². The minimum Gasteiger partial charge on any atom is -0.324 e. The van der Waals surface area contributed by atoms with Gasteiger partial charge in [0.1, 0.15) is 6.04 Å². The van der Waals surface area contributed by atoms with E-state index in [0.717, 1.165) is 23.9 Å². The number of aryl methyl sites for hydroxylation is 1. The minimum atomic E-state index is -3.33. The van der Waals surface area contributed by atoms with E-state index in [0.29, 0.717) is 13.0 Å². The zero-order valence-corrected chi connectivity index (χ0v) is 11.9. The summed E-state index contributed by atoms with van der Waals surface area (Å²) in [7, 11) is -3.33. The van der Waals surface area contributed by atoms with Gasteiger partial charge < -0.3 is 5.32 Å². The maximum absolute atomic E-state index is 12.2. The smallest absolute Gasteiger partial charge is 0.242 e. The molecule has 1 aromatic carbocycles. The topological polar surface area (TPSA) is 66.5 Å². The lowest BCUT2D eigenvalue weighted by Gasteiger charge is -2.21. The molecule has 1 heterocycles. The van der Waals surface area contributed by atoms with Crippen LogP contribution in [0.5, 0.6) is 0 Å². The largest absolute Gasteiger partial charge is 0.324 e. The molecule has 5 nitrogen and oxygen atoms in total. The van der Waals surface area contributed by atoms with Crippen LogP contribution in [0.2, 0.25) is 0 Å². The number of hydrogen-bond acceptors (Lipinski definition) is 3. The average Bonchev–Trinajstić information content (AvgIpc) is 2.81. The molecule has 0 aromatic heterocycles. The molecule has 1 aliphatic rings. The molecular weight excluding hydrogens is 264 g/mol. The van der Waals surface area contributed by atoms with E-state index in [4.69, 9.17) is 0 Å². The van der Waals surface area contributed by atoms with E-state index in [1.54, 1.807) is 0 Å². The van der Waals surface area contributed by atoms with Crippen molar-refractivity contribution in [3.8, 4) is 0 Å². The third-order valence-corrected chi connectivity index (χ3v) is 4.62. The van der Waals surface area contributed by atoms with Gasteiger partial charge in [-0.3, -0.25) is 4.79 Å². The summed E-state index contributed by atoms with van der Waals surface area (Å²) < 4.78 is 24.5. The number of carbonyl (C=O) groups is 1. The molecule has 1 N–H and O–H groups in total. The number of amides is 1. The van der Waals surface area contributed by atoms with E-state index in [2.05, 4.69) is 5.32 Å². The summed E-state index contributed by atoms with van der Waals surface area (Å²) in [6.45, 7) is 2.32. The summed E-state index contributed by atoms with van der Waals surface area (Å²) in [5.41, 5.74) is 1.69. The maximum Gasteiger partial charge on any atom is 0.242 e. The third-order valence-electron chi connectivity index (χ3n) is 3.34. The highest BCUT2D eigenvalue weighted by Crippen LogP contribution is 2.22. The quantitative estimate of drug-likeness (QED) is 0.910. The van der Waals surface area contributed by atoms with Crippen LogP contribution in [0.25, 0.3) is 0 Å². The summed E-state index contributed by atoms with van der Waals surface area (Å²) in [6, 6.07) is 6.86. The van der Waals surface area contributed by atoms with Crippen molar-refractivity contribution in [1.29, 1.82) is 0 Å². The van der Waals surface area contributed by atoms with E-state index < -0.39 is 16.1 Å². The van der Waals surface area contributed by atoms with Crippen molar-refractivity contribution in [2.24, 2.45) is 0 Å². The molecule has 0 bridgehead atoms. The third kappa shape index (κ3) is 3.13. The van der Waals surface area contributed by atoms with Crippen molar-refractivity contribution in [2.75, 3.05) is 18.1 Å². The highest BCUT2D eigenvalue weighted by molar-refractivity contribution is 7.88. The SMILES string of the molecule is Cc1ccccc1NC(=O)C1CCCN1S(C)(=O)=O. The Morgan fingerprint density at radius 2 is 2.05 bits per heavy atom. The first-order chi connectivity index (χ1) is 8.89. The van der Waals surface area contributed by atoms with Gasteiger partial charge in [-0.25, -0.2) is 8.42 Å². The second-order valence-electron chi connectivity index (χ2n) is 4.84. The predicted molar refractivity (Wildman–Crippen MR) is 74.4 cm³/mol. The standard InChI is InChI=1S/C13H18N2O3S/c1-10-6-3-4-7-11(10)14-13(16)12-8-5-9-15(12)19(2,17)18/h3-4,6-7,12H,5,8-9H2,1-2H3,(H,14,16). The zero-order valence-electron chi connectivity index (χ0n) is 11.1. The van der Waals surface area contributed by atoms with Crippen molar-refractivity contribution < 1.29 is 13.2 Å². The summed E-state index contributed by atoms with van der Waals surface area (Å²) >= 11 is 0. The molecule has 1 fully saturated rings. The van der Waals surface area contributed by atoms with Gasteiger partial charge in [-0.15, -0.1) is 0 Å². The van der Waals surface area contributed by atoms with Gasteiger partial charge in [-0.1, -0.05) is 18.2 Å². The van der Waals surface area contributed by atoms with Crippen LogP contribution in [0, 0.1) is 6.92 Å². The van der Waals surface area contributed by atoms with Crippen LogP contribution in [0.4, 0.5) is 5.69 Å². The van der Waals surface area contributed by atoms with Crippen LogP contribution in [0.1, 0.15) is 18.4 Å². The molecule has 2 rings (SSSR count). The second kappa shape index (κ2) is 5.30. The summed E-state index contributed by atoms with van der Waals surface area (Å²) in [6.07, 6.45) is 2.44. The fourth-order valence-corrected chi connectivity index (χ4v) is 3.45.